The Bertz CT molecular complexity index is 189. The standard InChI is InChI=1S/C13H22O2/c1-3-5-6-9-15-13(14)12-8-7-11(4-2)10-12/h8,11-12H,2-7,9-10H2,1H3. The van der Waals surface area contributed by atoms with Gasteiger partial charge in [0, 0.05) is 0 Å². The molecule has 15 heavy (non-hydrogen) atoms. The lowest BCUT2D eigenvalue weighted by atomic mass is 10.0. The number of unbranched alkanes of at least 4 members (excludes halogenated alkanes) is 2. The Balaban J connectivity index is 2.12. The van der Waals surface area contributed by atoms with Crippen molar-refractivity contribution in [2.45, 2.75) is 45.4 Å². The molecule has 86 valence electrons. The lowest BCUT2D eigenvalue weighted by molar-refractivity contribution is -0.147. The van der Waals surface area contributed by atoms with Crippen molar-refractivity contribution in [3.05, 3.63) is 13.3 Å². The summed E-state index contributed by atoms with van der Waals surface area (Å²) < 4.78 is 5.23. The van der Waals surface area contributed by atoms with Gasteiger partial charge in [-0.2, -0.15) is 0 Å². The molecule has 2 atom stereocenters. The fourth-order valence-corrected chi connectivity index (χ4v) is 1.97. The van der Waals surface area contributed by atoms with E-state index in [0.717, 1.165) is 38.5 Å². The molecule has 0 aromatic heterocycles. The maximum absolute atomic E-state index is 11.6. The van der Waals surface area contributed by atoms with Crippen LogP contribution in [0.1, 0.15) is 45.4 Å². The van der Waals surface area contributed by atoms with Gasteiger partial charge in [0.2, 0.25) is 0 Å². The van der Waals surface area contributed by atoms with Crippen LogP contribution in [0.25, 0.3) is 0 Å². The lowest BCUT2D eigenvalue weighted by Crippen LogP contribution is -2.16. The van der Waals surface area contributed by atoms with Crippen LogP contribution in [0, 0.1) is 25.2 Å². The molecule has 0 aromatic carbocycles. The average molecular weight is 210 g/mol. The zero-order chi connectivity index (χ0) is 11.1. The Hall–Kier alpha value is -0.530. The number of hydrogen-bond donors (Lipinski definition) is 0. The third-order valence-electron chi connectivity index (χ3n) is 3.04. The molecule has 0 N–H and O–H groups in total. The number of esters is 1. The van der Waals surface area contributed by atoms with Crippen molar-refractivity contribution in [3.8, 4) is 0 Å². The van der Waals surface area contributed by atoms with E-state index in [1.807, 2.05) is 0 Å². The normalized spacial score (nSPS) is 25.5. The minimum Gasteiger partial charge on any atom is -0.465 e. The third kappa shape index (κ3) is 4.23. The highest BCUT2D eigenvalue weighted by Crippen LogP contribution is 2.32. The molecule has 0 spiro atoms. The highest BCUT2D eigenvalue weighted by molar-refractivity contribution is 5.74. The maximum Gasteiger partial charge on any atom is 0.309 e. The Morgan fingerprint density at radius 2 is 2.33 bits per heavy atom. The van der Waals surface area contributed by atoms with Crippen molar-refractivity contribution >= 4 is 5.97 Å². The molecule has 1 aliphatic rings. The average Bonchev–Trinajstić information content (AvgIpc) is 2.72. The van der Waals surface area contributed by atoms with Crippen molar-refractivity contribution in [1.82, 2.24) is 0 Å². The van der Waals surface area contributed by atoms with Gasteiger partial charge in [-0.05, 0) is 31.6 Å². The summed E-state index contributed by atoms with van der Waals surface area (Å²) in [6, 6.07) is 0. The summed E-state index contributed by atoms with van der Waals surface area (Å²) in [5.74, 6) is 0.610. The van der Waals surface area contributed by atoms with E-state index in [4.69, 9.17) is 4.74 Å². The predicted molar refractivity (Wildman–Crippen MR) is 61.0 cm³/mol. The van der Waals surface area contributed by atoms with Crippen molar-refractivity contribution in [3.63, 3.8) is 0 Å². The zero-order valence-electron chi connectivity index (χ0n) is 9.71. The van der Waals surface area contributed by atoms with Crippen molar-refractivity contribution < 1.29 is 9.53 Å². The van der Waals surface area contributed by atoms with Crippen LogP contribution in [0.15, 0.2) is 0 Å². The van der Waals surface area contributed by atoms with E-state index in [9.17, 15) is 4.79 Å². The maximum atomic E-state index is 11.6. The summed E-state index contributed by atoms with van der Waals surface area (Å²) >= 11 is 0. The highest BCUT2D eigenvalue weighted by Gasteiger charge is 2.30. The molecule has 0 aromatic rings. The summed E-state index contributed by atoms with van der Waals surface area (Å²) in [7, 11) is 0. The molecule has 0 heterocycles. The Morgan fingerprint density at radius 1 is 1.53 bits per heavy atom. The van der Waals surface area contributed by atoms with Crippen LogP contribution in [0.2, 0.25) is 0 Å². The Kier molecular flexibility index (Phi) is 5.74. The van der Waals surface area contributed by atoms with Crippen molar-refractivity contribution in [1.29, 1.82) is 0 Å². The van der Waals surface area contributed by atoms with Gasteiger partial charge in [0.15, 0.2) is 0 Å². The lowest BCUT2D eigenvalue weighted by Gasteiger charge is -2.10. The molecular weight excluding hydrogens is 188 g/mol. The van der Waals surface area contributed by atoms with Gasteiger partial charge in [-0.1, -0.05) is 33.1 Å². The topological polar surface area (TPSA) is 26.3 Å². The van der Waals surface area contributed by atoms with Gasteiger partial charge in [-0.15, -0.1) is 0 Å². The first kappa shape index (κ1) is 12.5. The van der Waals surface area contributed by atoms with Crippen LogP contribution in [-0.4, -0.2) is 12.6 Å². The summed E-state index contributed by atoms with van der Waals surface area (Å²) in [5, 5.41) is 0. The number of hydrogen-bond acceptors (Lipinski definition) is 2. The molecule has 0 saturated heterocycles. The van der Waals surface area contributed by atoms with Crippen LogP contribution in [-0.2, 0) is 9.53 Å². The van der Waals surface area contributed by atoms with Crippen molar-refractivity contribution in [2.75, 3.05) is 6.61 Å². The number of carbonyl (C=O) groups excluding carboxylic acids is 1. The molecule has 0 aliphatic heterocycles. The van der Waals surface area contributed by atoms with Crippen LogP contribution in [0.3, 0.4) is 0 Å². The smallest absolute Gasteiger partial charge is 0.309 e. The first-order valence-corrected chi connectivity index (χ1v) is 6.07. The van der Waals surface area contributed by atoms with E-state index in [2.05, 4.69) is 20.3 Å². The second kappa shape index (κ2) is 6.86. The summed E-state index contributed by atoms with van der Waals surface area (Å²) in [6.45, 7) is 6.61. The van der Waals surface area contributed by atoms with Gasteiger partial charge in [0.1, 0.15) is 0 Å². The molecule has 2 radical (unpaired) electrons. The molecule has 2 unspecified atom stereocenters. The van der Waals surface area contributed by atoms with Crippen LogP contribution < -0.4 is 0 Å². The van der Waals surface area contributed by atoms with Gasteiger partial charge >= 0.3 is 5.97 Å². The number of ether oxygens (including phenoxy) is 1. The first-order chi connectivity index (χ1) is 7.27. The van der Waals surface area contributed by atoms with Gasteiger partial charge in [-0.25, -0.2) is 0 Å². The molecule has 2 heteroatoms. The minimum atomic E-state index is -0.0259. The summed E-state index contributed by atoms with van der Waals surface area (Å²) in [5.41, 5.74) is 0. The zero-order valence-corrected chi connectivity index (χ0v) is 9.71. The second-order valence-electron chi connectivity index (χ2n) is 4.34. The molecular formula is C13H22O2. The van der Waals surface area contributed by atoms with Gasteiger partial charge in [0.25, 0.3) is 0 Å². The molecule has 0 amide bonds. The molecule has 1 fully saturated rings. The van der Waals surface area contributed by atoms with Gasteiger partial charge < -0.3 is 4.74 Å². The highest BCUT2D eigenvalue weighted by atomic mass is 16.5. The van der Waals surface area contributed by atoms with E-state index in [0.29, 0.717) is 12.5 Å². The van der Waals surface area contributed by atoms with Crippen LogP contribution in [0.5, 0.6) is 0 Å². The minimum absolute atomic E-state index is 0.0259. The van der Waals surface area contributed by atoms with Gasteiger partial charge in [-0.3, -0.25) is 4.79 Å². The molecule has 2 nitrogen and oxygen atoms in total. The largest absolute Gasteiger partial charge is 0.465 e. The molecule has 1 rings (SSSR count). The van der Waals surface area contributed by atoms with E-state index >= 15 is 0 Å². The SMILES string of the molecule is [CH2]CC1C[CH]C(C(=O)OCCCCC)C1. The predicted octanol–water partition coefficient (Wildman–Crippen LogP) is 3.17. The molecule has 1 saturated carbocycles. The van der Waals surface area contributed by atoms with E-state index < -0.39 is 0 Å². The van der Waals surface area contributed by atoms with E-state index in [1.165, 1.54) is 0 Å². The molecule has 1 aliphatic carbocycles. The monoisotopic (exact) mass is 210 g/mol. The van der Waals surface area contributed by atoms with Crippen LogP contribution >= 0.6 is 0 Å². The number of rotatable bonds is 6. The Morgan fingerprint density at radius 3 is 2.93 bits per heavy atom. The van der Waals surface area contributed by atoms with Crippen LogP contribution in [0.4, 0.5) is 0 Å². The number of carbonyl (C=O) groups is 1. The Labute approximate surface area is 93.4 Å². The second-order valence-corrected chi connectivity index (χ2v) is 4.34. The summed E-state index contributed by atoms with van der Waals surface area (Å²) in [4.78, 5) is 11.6. The van der Waals surface area contributed by atoms with E-state index in [1.54, 1.807) is 0 Å². The molecule has 0 bridgehead atoms. The van der Waals surface area contributed by atoms with E-state index in [-0.39, 0.29) is 11.9 Å². The summed E-state index contributed by atoms with van der Waals surface area (Å²) in [6.07, 6.45) is 8.29. The fraction of sp³-hybridized carbons (Fsp3) is 0.769. The quantitative estimate of drug-likeness (QED) is 0.497. The third-order valence-corrected chi connectivity index (χ3v) is 3.04. The van der Waals surface area contributed by atoms with Crippen molar-refractivity contribution in [2.24, 2.45) is 11.8 Å². The fourth-order valence-electron chi connectivity index (χ4n) is 1.97. The van der Waals surface area contributed by atoms with Gasteiger partial charge in [0.05, 0.1) is 12.5 Å². The first-order valence-electron chi connectivity index (χ1n) is 6.07.